The number of thioether (sulfide) groups is 1. The highest BCUT2D eigenvalue weighted by molar-refractivity contribution is 8.00. The summed E-state index contributed by atoms with van der Waals surface area (Å²) >= 11 is 1.98. The summed E-state index contributed by atoms with van der Waals surface area (Å²) in [4.78, 5) is 26.2. The van der Waals surface area contributed by atoms with Gasteiger partial charge in [0.05, 0.1) is 12.5 Å². The zero-order valence-corrected chi connectivity index (χ0v) is 12.8. The molecule has 3 rings (SSSR count). The monoisotopic (exact) mass is 296 g/mol. The first-order valence-corrected chi connectivity index (χ1v) is 9.01. The standard InChI is InChI=1S/C15H24N2O2S/c18-14-9-13(16-10-12-7-4-8-20-12)15(19)17(14)11-5-2-1-3-6-11/h11-13,16H,1-10H2. The van der Waals surface area contributed by atoms with E-state index >= 15 is 0 Å². The van der Waals surface area contributed by atoms with E-state index in [-0.39, 0.29) is 23.9 Å². The van der Waals surface area contributed by atoms with E-state index in [9.17, 15) is 9.59 Å². The zero-order chi connectivity index (χ0) is 13.9. The minimum Gasteiger partial charge on any atom is -0.304 e. The molecule has 0 aromatic heterocycles. The van der Waals surface area contributed by atoms with Gasteiger partial charge in [0.25, 0.3) is 0 Å². The van der Waals surface area contributed by atoms with Crippen molar-refractivity contribution >= 4 is 23.6 Å². The van der Waals surface area contributed by atoms with Crippen LogP contribution in [0.2, 0.25) is 0 Å². The van der Waals surface area contributed by atoms with Crippen LogP contribution in [0.4, 0.5) is 0 Å². The van der Waals surface area contributed by atoms with Crippen LogP contribution in [0.3, 0.4) is 0 Å². The third-order valence-corrected chi connectivity index (χ3v) is 6.14. The van der Waals surface area contributed by atoms with Crippen LogP contribution in [0.15, 0.2) is 0 Å². The van der Waals surface area contributed by atoms with E-state index < -0.39 is 0 Å². The molecule has 2 saturated heterocycles. The van der Waals surface area contributed by atoms with Gasteiger partial charge in [-0.15, -0.1) is 0 Å². The van der Waals surface area contributed by atoms with E-state index in [1.54, 1.807) is 4.90 Å². The second kappa shape index (κ2) is 6.48. The van der Waals surface area contributed by atoms with Crippen LogP contribution < -0.4 is 5.32 Å². The Labute approximate surface area is 125 Å². The summed E-state index contributed by atoms with van der Waals surface area (Å²) in [5, 5.41) is 3.97. The van der Waals surface area contributed by atoms with Crippen LogP contribution in [0.1, 0.15) is 51.4 Å². The van der Waals surface area contributed by atoms with Crippen molar-refractivity contribution in [1.29, 1.82) is 0 Å². The fraction of sp³-hybridized carbons (Fsp3) is 0.867. The Hall–Kier alpha value is -0.550. The Morgan fingerprint density at radius 3 is 2.60 bits per heavy atom. The predicted octanol–water partition coefficient (Wildman–Crippen LogP) is 1.93. The van der Waals surface area contributed by atoms with Gasteiger partial charge < -0.3 is 5.32 Å². The highest BCUT2D eigenvalue weighted by Crippen LogP contribution is 2.28. The predicted molar refractivity (Wildman–Crippen MR) is 80.6 cm³/mol. The lowest BCUT2D eigenvalue weighted by Crippen LogP contribution is -2.45. The highest BCUT2D eigenvalue weighted by atomic mass is 32.2. The normalized spacial score (nSPS) is 32.3. The van der Waals surface area contributed by atoms with Crippen LogP contribution in [-0.4, -0.2) is 46.3 Å². The molecule has 1 N–H and O–H groups in total. The second-order valence-electron chi connectivity index (χ2n) is 6.19. The van der Waals surface area contributed by atoms with Gasteiger partial charge in [-0.1, -0.05) is 19.3 Å². The van der Waals surface area contributed by atoms with Crippen molar-refractivity contribution in [3.63, 3.8) is 0 Å². The molecule has 0 spiro atoms. The first-order valence-electron chi connectivity index (χ1n) is 7.96. The topological polar surface area (TPSA) is 49.4 Å². The molecular weight excluding hydrogens is 272 g/mol. The maximum atomic E-state index is 12.5. The number of nitrogens with one attached hydrogen (secondary N) is 1. The molecule has 112 valence electrons. The van der Waals surface area contributed by atoms with Gasteiger partial charge in [0, 0.05) is 17.8 Å². The Morgan fingerprint density at radius 1 is 1.10 bits per heavy atom. The fourth-order valence-corrected chi connectivity index (χ4v) is 4.83. The molecule has 1 aliphatic carbocycles. The number of carbonyl (C=O) groups is 2. The summed E-state index contributed by atoms with van der Waals surface area (Å²) in [5.41, 5.74) is 0. The molecule has 20 heavy (non-hydrogen) atoms. The number of hydrogen-bond donors (Lipinski definition) is 1. The minimum atomic E-state index is -0.259. The number of likely N-dealkylation sites (tertiary alicyclic amines) is 1. The Balaban J connectivity index is 1.55. The van der Waals surface area contributed by atoms with Crippen LogP contribution in [0.5, 0.6) is 0 Å². The molecule has 2 heterocycles. The van der Waals surface area contributed by atoms with Crippen molar-refractivity contribution in [3.05, 3.63) is 0 Å². The molecular formula is C15H24N2O2S. The van der Waals surface area contributed by atoms with Crippen molar-refractivity contribution in [2.45, 2.75) is 68.7 Å². The lowest BCUT2D eigenvalue weighted by Gasteiger charge is -2.29. The summed E-state index contributed by atoms with van der Waals surface area (Å²) in [6.45, 7) is 0.868. The van der Waals surface area contributed by atoms with Gasteiger partial charge in [-0.05, 0) is 31.4 Å². The van der Waals surface area contributed by atoms with Crippen molar-refractivity contribution in [1.82, 2.24) is 10.2 Å². The largest absolute Gasteiger partial charge is 0.304 e. The molecule has 0 aromatic rings. The summed E-state index contributed by atoms with van der Waals surface area (Å²) < 4.78 is 0. The average Bonchev–Trinajstić information content (AvgIpc) is 3.06. The first-order chi connectivity index (χ1) is 9.75. The van der Waals surface area contributed by atoms with Crippen LogP contribution in [0.25, 0.3) is 0 Å². The van der Waals surface area contributed by atoms with E-state index in [1.807, 2.05) is 11.8 Å². The molecule has 0 bridgehead atoms. The molecule has 5 heteroatoms. The summed E-state index contributed by atoms with van der Waals surface area (Å²) in [7, 11) is 0. The molecule has 3 aliphatic rings. The molecule has 2 atom stereocenters. The molecule has 2 aliphatic heterocycles. The van der Waals surface area contributed by atoms with Gasteiger partial charge >= 0.3 is 0 Å². The number of rotatable bonds is 4. The molecule has 0 aromatic carbocycles. The van der Waals surface area contributed by atoms with Crippen LogP contribution in [-0.2, 0) is 9.59 Å². The lowest BCUT2D eigenvalue weighted by molar-refractivity contribution is -0.142. The SMILES string of the molecule is O=C1CC(NCC2CCCS2)C(=O)N1C1CCCCC1. The zero-order valence-electron chi connectivity index (χ0n) is 12.0. The molecule has 4 nitrogen and oxygen atoms in total. The molecule has 2 amide bonds. The number of amides is 2. The maximum Gasteiger partial charge on any atom is 0.247 e. The second-order valence-corrected chi connectivity index (χ2v) is 7.60. The minimum absolute atomic E-state index is 0.0323. The fourth-order valence-electron chi connectivity index (χ4n) is 3.61. The molecule has 1 saturated carbocycles. The molecule has 2 unspecified atom stereocenters. The van der Waals surface area contributed by atoms with E-state index in [0.29, 0.717) is 11.7 Å². The number of hydrogen-bond acceptors (Lipinski definition) is 4. The number of imide groups is 1. The van der Waals surface area contributed by atoms with Gasteiger partial charge in [-0.3, -0.25) is 14.5 Å². The number of carbonyl (C=O) groups excluding carboxylic acids is 2. The highest BCUT2D eigenvalue weighted by Gasteiger charge is 2.42. The third kappa shape index (κ3) is 3.03. The lowest BCUT2D eigenvalue weighted by atomic mass is 9.94. The first kappa shape index (κ1) is 14.4. The van der Waals surface area contributed by atoms with E-state index in [2.05, 4.69) is 5.32 Å². The molecule has 0 radical (unpaired) electrons. The quantitative estimate of drug-likeness (QED) is 0.805. The Bertz CT molecular complexity index is 376. The van der Waals surface area contributed by atoms with E-state index in [1.165, 1.54) is 25.0 Å². The van der Waals surface area contributed by atoms with Gasteiger partial charge in [0.15, 0.2) is 0 Å². The Morgan fingerprint density at radius 2 is 1.90 bits per heavy atom. The van der Waals surface area contributed by atoms with E-state index in [0.717, 1.165) is 32.2 Å². The Kier molecular flexibility index (Phi) is 4.66. The third-order valence-electron chi connectivity index (χ3n) is 4.74. The van der Waals surface area contributed by atoms with Crippen LogP contribution >= 0.6 is 11.8 Å². The van der Waals surface area contributed by atoms with Gasteiger partial charge in [-0.25, -0.2) is 0 Å². The summed E-state index contributed by atoms with van der Waals surface area (Å²) in [5.74, 6) is 1.31. The van der Waals surface area contributed by atoms with Crippen LogP contribution in [0, 0.1) is 0 Å². The summed E-state index contributed by atoms with van der Waals surface area (Å²) in [6, 6.07) is -0.0815. The van der Waals surface area contributed by atoms with Gasteiger partial charge in [0.1, 0.15) is 0 Å². The van der Waals surface area contributed by atoms with Crippen molar-refractivity contribution in [2.24, 2.45) is 0 Å². The summed E-state index contributed by atoms with van der Waals surface area (Å²) in [6.07, 6.45) is 8.43. The van der Waals surface area contributed by atoms with Gasteiger partial charge in [0.2, 0.25) is 11.8 Å². The maximum absolute atomic E-state index is 12.5. The van der Waals surface area contributed by atoms with Gasteiger partial charge in [-0.2, -0.15) is 11.8 Å². The average molecular weight is 296 g/mol. The van der Waals surface area contributed by atoms with Crippen molar-refractivity contribution in [3.8, 4) is 0 Å². The smallest absolute Gasteiger partial charge is 0.247 e. The van der Waals surface area contributed by atoms with Crippen molar-refractivity contribution < 1.29 is 9.59 Å². The number of nitrogens with zero attached hydrogens (tertiary/aromatic N) is 1. The van der Waals surface area contributed by atoms with Crippen molar-refractivity contribution in [2.75, 3.05) is 12.3 Å². The molecule has 3 fully saturated rings. The van der Waals surface area contributed by atoms with E-state index in [4.69, 9.17) is 0 Å².